The van der Waals surface area contributed by atoms with Crippen molar-refractivity contribution in [3.05, 3.63) is 38.1 Å². The monoisotopic (exact) mass is 324 g/mol. The second-order valence-electron chi connectivity index (χ2n) is 3.60. The molecule has 1 aromatic heterocycles. The minimum atomic E-state index is -4.76. The summed E-state index contributed by atoms with van der Waals surface area (Å²) in [6, 6.07) is 0.577. The molecule has 3 nitrogen and oxygen atoms in total. The van der Waals surface area contributed by atoms with Gasteiger partial charge in [0, 0.05) is 0 Å². The van der Waals surface area contributed by atoms with Gasteiger partial charge in [0.2, 0.25) is 0 Å². The number of hydrogen-bond acceptors (Lipinski definition) is 2. The van der Waals surface area contributed by atoms with Gasteiger partial charge in [-0.05, 0) is 28.9 Å². The highest BCUT2D eigenvalue weighted by molar-refractivity contribution is 9.10. The maximum atomic E-state index is 13.8. The molecule has 0 fully saturated rings. The molecule has 2 rings (SSSR count). The normalized spacial score (nSPS) is 12.1. The SMILES string of the molecule is Cc1nc2c(F)c(Br)c(C(F)(F)F)cc2c(=O)[nH]1. The lowest BCUT2D eigenvalue weighted by Crippen LogP contribution is -2.14. The standard InChI is InChI=1S/C10H5BrF4N2O/c1-3-16-8-4(9(18)17-3)2-5(10(13,14)15)6(11)7(8)12/h2H,1H3,(H,16,17,18). The number of hydrogen-bond donors (Lipinski definition) is 1. The quantitative estimate of drug-likeness (QED) is 0.757. The fourth-order valence-electron chi connectivity index (χ4n) is 1.53. The Kier molecular flexibility index (Phi) is 2.92. The number of benzene rings is 1. The van der Waals surface area contributed by atoms with Crippen molar-refractivity contribution in [3.8, 4) is 0 Å². The van der Waals surface area contributed by atoms with E-state index in [9.17, 15) is 22.4 Å². The van der Waals surface area contributed by atoms with Crippen LogP contribution in [-0.4, -0.2) is 9.97 Å². The predicted molar refractivity (Wildman–Crippen MR) is 59.8 cm³/mol. The fourth-order valence-corrected chi connectivity index (χ4v) is 2.06. The average Bonchev–Trinajstić information content (AvgIpc) is 2.22. The van der Waals surface area contributed by atoms with Gasteiger partial charge in [0.15, 0.2) is 5.82 Å². The van der Waals surface area contributed by atoms with E-state index in [1.807, 2.05) is 0 Å². The van der Waals surface area contributed by atoms with E-state index in [0.29, 0.717) is 6.07 Å². The number of halogens is 5. The molecular weight excluding hydrogens is 320 g/mol. The third-order valence-corrected chi connectivity index (χ3v) is 3.08. The second-order valence-corrected chi connectivity index (χ2v) is 4.39. The first kappa shape index (κ1) is 13.0. The van der Waals surface area contributed by atoms with Crippen LogP contribution in [-0.2, 0) is 6.18 Å². The molecule has 96 valence electrons. The summed E-state index contributed by atoms with van der Waals surface area (Å²) < 4.78 is 51.0. The van der Waals surface area contributed by atoms with Crippen molar-refractivity contribution in [2.45, 2.75) is 13.1 Å². The molecule has 0 saturated carbocycles. The first-order valence-electron chi connectivity index (χ1n) is 4.67. The van der Waals surface area contributed by atoms with E-state index in [1.54, 1.807) is 0 Å². The van der Waals surface area contributed by atoms with Gasteiger partial charge in [-0.15, -0.1) is 0 Å². The highest BCUT2D eigenvalue weighted by Crippen LogP contribution is 2.38. The van der Waals surface area contributed by atoms with Crippen LogP contribution in [0.1, 0.15) is 11.4 Å². The maximum absolute atomic E-state index is 13.8. The Hall–Kier alpha value is -1.44. The van der Waals surface area contributed by atoms with Gasteiger partial charge in [0.25, 0.3) is 5.56 Å². The molecule has 0 saturated heterocycles. The zero-order valence-corrected chi connectivity index (χ0v) is 10.4. The lowest BCUT2D eigenvalue weighted by molar-refractivity contribution is -0.138. The summed E-state index contributed by atoms with van der Waals surface area (Å²) in [6.45, 7) is 1.41. The lowest BCUT2D eigenvalue weighted by Gasteiger charge is -2.11. The number of aromatic nitrogens is 2. The van der Waals surface area contributed by atoms with Crippen LogP contribution >= 0.6 is 15.9 Å². The summed E-state index contributed by atoms with van der Waals surface area (Å²) in [7, 11) is 0. The van der Waals surface area contributed by atoms with Crippen LogP contribution in [0.2, 0.25) is 0 Å². The number of rotatable bonds is 0. The van der Waals surface area contributed by atoms with Gasteiger partial charge in [0.1, 0.15) is 11.3 Å². The third kappa shape index (κ3) is 2.00. The van der Waals surface area contributed by atoms with Crippen molar-refractivity contribution >= 4 is 26.8 Å². The zero-order valence-electron chi connectivity index (χ0n) is 8.82. The van der Waals surface area contributed by atoms with Gasteiger partial charge in [-0.3, -0.25) is 4.79 Å². The average molecular weight is 325 g/mol. The van der Waals surface area contributed by atoms with Gasteiger partial charge in [-0.25, -0.2) is 9.37 Å². The fraction of sp³-hybridized carbons (Fsp3) is 0.200. The van der Waals surface area contributed by atoms with Crippen molar-refractivity contribution < 1.29 is 17.6 Å². The van der Waals surface area contributed by atoms with Crippen LogP contribution in [0.3, 0.4) is 0 Å². The zero-order chi connectivity index (χ0) is 13.7. The minimum absolute atomic E-state index is 0.123. The summed E-state index contributed by atoms with van der Waals surface area (Å²) in [6.07, 6.45) is -4.76. The number of nitrogens with one attached hydrogen (secondary N) is 1. The molecule has 2 aromatic rings. The van der Waals surface area contributed by atoms with Crippen molar-refractivity contribution in [1.82, 2.24) is 9.97 Å². The van der Waals surface area contributed by atoms with E-state index in [2.05, 4.69) is 25.9 Å². The molecule has 1 N–H and O–H groups in total. The van der Waals surface area contributed by atoms with Crippen LogP contribution < -0.4 is 5.56 Å². The van der Waals surface area contributed by atoms with Crippen LogP contribution in [0.5, 0.6) is 0 Å². The van der Waals surface area contributed by atoms with Gasteiger partial charge < -0.3 is 4.98 Å². The first-order valence-corrected chi connectivity index (χ1v) is 5.47. The Bertz CT molecular complexity index is 693. The van der Waals surface area contributed by atoms with Crippen molar-refractivity contribution in [3.63, 3.8) is 0 Å². The topological polar surface area (TPSA) is 45.8 Å². The number of fused-ring (bicyclic) bond motifs is 1. The summed E-state index contributed by atoms with van der Waals surface area (Å²) in [5.74, 6) is -1.08. The maximum Gasteiger partial charge on any atom is 0.417 e. The van der Waals surface area contributed by atoms with Crippen molar-refractivity contribution in [2.75, 3.05) is 0 Å². The number of nitrogens with zero attached hydrogens (tertiary/aromatic N) is 1. The van der Waals surface area contributed by atoms with Crippen LogP contribution in [0, 0.1) is 12.7 Å². The summed E-state index contributed by atoms with van der Waals surface area (Å²) >= 11 is 2.54. The summed E-state index contributed by atoms with van der Waals surface area (Å²) in [5.41, 5.74) is -2.45. The van der Waals surface area contributed by atoms with Crippen LogP contribution in [0.15, 0.2) is 15.3 Å². The second kappa shape index (κ2) is 4.04. The van der Waals surface area contributed by atoms with Crippen LogP contribution in [0.25, 0.3) is 10.9 Å². The van der Waals surface area contributed by atoms with E-state index in [4.69, 9.17) is 0 Å². The predicted octanol–water partition coefficient (Wildman–Crippen LogP) is 3.15. The molecule has 0 bridgehead atoms. The van der Waals surface area contributed by atoms with Crippen molar-refractivity contribution in [1.29, 1.82) is 0 Å². The molecule has 1 aromatic carbocycles. The molecule has 0 unspecified atom stereocenters. The van der Waals surface area contributed by atoms with Gasteiger partial charge >= 0.3 is 6.18 Å². The summed E-state index contributed by atoms with van der Waals surface area (Å²) in [5, 5.41) is -0.436. The number of aryl methyl sites for hydroxylation is 1. The third-order valence-electron chi connectivity index (χ3n) is 2.30. The molecule has 0 radical (unpaired) electrons. The Morgan fingerprint density at radius 3 is 2.56 bits per heavy atom. The lowest BCUT2D eigenvalue weighted by atomic mass is 10.1. The minimum Gasteiger partial charge on any atom is -0.310 e. The Morgan fingerprint density at radius 2 is 2.00 bits per heavy atom. The molecule has 0 aliphatic rings. The molecule has 18 heavy (non-hydrogen) atoms. The molecular formula is C10H5BrF4N2O. The molecule has 0 spiro atoms. The molecule has 1 heterocycles. The number of H-pyrrole nitrogens is 1. The van der Waals surface area contributed by atoms with E-state index in [1.165, 1.54) is 6.92 Å². The highest BCUT2D eigenvalue weighted by Gasteiger charge is 2.35. The van der Waals surface area contributed by atoms with Gasteiger partial charge in [-0.1, -0.05) is 0 Å². The largest absolute Gasteiger partial charge is 0.417 e. The van der Waals surface area contributed by atoms with E-state index in [0.717, 1.165) is 0 Å². The summed E-state index contributed by atoms with van der Waals surface area (Å²) in [4.78, 5) is 17.4. The van der Waals surface area contributed by atoms with E-state index in [-0.39, 0.29) is 5.82 Å². The molecule has 0 aliphatic carbocycles. The van der Waals surface area contributed by atoms with Gasteiger partial charge in [0.05, 0.1) is 15.4 Å². The van der Waals surface area contributed by atoms with Crippen molar-refractivity contribution in [2.24, 2.45) is 0 Å². The molecule has 0 atom stereocenters. The first-order chi connectivity index (χ1) is 8.21. The number of aromatic amines is 1. The van der Waals surface area contributed by atoms with Gasteiger partial charge in [-0.2, -0.15) is 13.2 Å². The highest BCUT2D eigenvalue weighted by atomic mass is 79.9. The molecule has 0 amide bonds. The Morgan fingerprint density at radius 1 is 1.39 bits per heavy atom. The Labute approximate surface area is 106 Å². The number of alkyl halides is 3. The van der Waals surface area contributed by atoms with E-state index < -0.39 is 38.5 Å². The van der Waals surface area contributed by atoms with Crippen LogP contribution in [0.4, 0.5) is 17.6 Å². The molecule has 0 aliphatic heterocycles. The smallest absolute Gasteiger partial charge is 0.310 e. The Balaban J connectivity index is 2.98. The van der Waals surface area contributed by atoms with E-state index >= 15 is 0 Å². The molecule has 8 heteroatoms.